The zero-order chi connectivity index (χ0) is 6.62. The van der Waals surface area contributed by atoms with Crippen molar-refractivity contribution in [1.29, 1.82) is 0 Å². The molecule has 0 saturated carbocycles. The van der Waals surface area contributed by atoms with Crippen LogP contribution in [0.5, 0.6) is 0 Å². The van der Waals surface area contributed by atoms with Crippen LogP contribution in [0.2, 0.25) is 0 Å². The Hall–Kier alpha value is 0.0684. The van der Waals surface area contributed by atoms with Crippen molar-refractivity contribution in [2.24, 2.45) is 0 Å². The SMILES string of the molecule is C=C[As](Cl)(C=C)C=C. The van der Waals surface area contributed by atoms with Gasteiger partial charge in [0, 0.05) is 0 Å². The Kier molecular flexibility index (Phi) is 3.19. The molecule has 0 aromatic heterocycles. The number of hydrogen-bond acceptors (Lipinski definition) is 0. The molecule has 0 aromatic carbocycles. The monoisotopic (exact) mass is 191 g/mol. The zero-order valence-electron chi connectivity index (χ0n) is 4.68. The summed E-state index contributed by atoms with van der Waals surface area (Å²) in [5.41, 5.74) is 0. The normalized spacial score (nSPS) is 10.1. The molecule has 45 valence electrons. The topological polar surface area (TPSA) is 0 Å². The van der Waals surface area contributed by atoms with E-state index in [1.165, 1.54) is 0 Å². The molecular weight excluding hydrogens is 182 g/mol. The number of halogens is 1. The second kappa shape index (κ2) is 3.17. The summed E-state index contributed by atoms with van der Waals surface area (Å²) in [4.78, 5) is 5.25. The molecule has 0 aliphatic heterocycles. The Bertz CT molecular complexity index is 95.9. The molecular formula is C6H9AsCl. The minimum absolute atomic E-state index is 1.75. The molecule has 2 heteroatoms. The van der Waals surface area contributed by atoms with Crippen LogP contribution in [-0.2, 0) is 0 Å². The third kappa shape index (κ3) is 1.90. The van der Waals surface area contributed by atoms with Gasteiger partial charge in [0.2, 0.25) is 0 Å². The predicted molar refractivity (Wildman–Crippen MR) is 42.2 cm³/mol. The van der Waals surface area contributed by atoms with Crippen LogP contribution in [0.25, 0.3) is 0 Å². The van der Waals surface area contributed by atoms with Gasteiger partial charge in [-0.1, -0.05) is 0 Å². The summed E-state index contributed by atoms with van der Waals surface area (Å²) in [6, 6.07) is 0. The molecule has 0 aliphatic rings. The summed E-state index contributed by atoms with van der Waals surface area (Å²) in [7, 11) is 5.91. The van der Waals surface area contributed by atoms with Crippen molar-refractivity contribution in [2.75, 3.05) is 0 Å². The second-order valence-electron chi connectivity index (χ2n) is 1.29. The van der Waals surface area contributed by atoms with Gasteiger partial charge >= 0.3 is 56.9 Å². The summed E-state index contributed by atoms with van der Waals surface area (Å²) >= 11 is -2.22. The van der Waals surface area contributed by atoms with Gasteiger partial charge in [-0.25, -0.2) is 0 Å². The van der Waals surface area contributed by atoms with Gasteiger partial charge in [0.15, 0.2) is 0 Å². The van der Waals surface area contributed by atoms with E-state index in [9.17, 15) is 0 Å². The van der Waals surface area contributed by atoms with Crippen molar-refractivity contribution in [3.63, 3.8) is 0 Å². The molecule has 0 atom stereocenters. The second-order valence-corrected chi connectivity index (χ2v) is 9.73. The van der Waals surface area contributed by atoms with E-state index in [2.05, 4.69) is 19.7 Å². The van der Waals surface area contributed by atoms with Crippen LogP contribution < -0.4 is 0 Å². The van der Waals surface area contributed by atoms with Gasteiger partial charge in [0.25, 0.3) is 0 Å². The van der Waals surface area contributed by atoms with Gasteiger partial charge < -0.3 is 0 Å². The predicted octanol–water partition coefficient (Wildman–Crippen LogP) is 2.35. The van der Waals surface area contributed by atoms with Gasteiger partial charge in [-0.2, -0.15) is 0 Å². The van der Waals surface area contributed by atoms with Crippen LogP contribution in [0.1, 0.15) is 0 Å². The summed E-state index contributed by atoms with van der Waals surface area (Å²) in [6.45, 7) is 10.7. The molecule has 0 spiro atoms. The maximum absolute atomic E-state index is 5.91. The Morgan fingerprint density at radius 2 is 1.25 bits per heavy atom. The van der Waals surface area contributed by atoms with Crippen molar-refractivity contribution in [3.8, 4) is 0 Å². The fourth-order valence-corrected chi connectivity index (χ4v) is 1.16. The molecule has 1 radical (unpaired) electrons. The first kappa shape index (κ1) is 8.07. The van der Waals surface area contributed by atoms with Gasteiger partial charge in [0.1, 0.15) is 0 Å². The van der Waals surface area contributed by atoms with Crippen LogP contribution >= 0.6 is 9.95 Å². The van der Waals surface area contributed by atoms with E-state index >= 15 is 0 Å². The Balaban J connectivity index is 4.18. The van der Waals surface area contributed by atoms with E-state index < -0.39 is 12.6 Å². The van der Waals surface area contributed by atoms with Crippen LogP contribution in [-0.4, -0.2) is 12.6 Å². The minimum atomic E-state index is -2.22. The third-order valence-electron chi connectivity index (χ3n) is 0.839. The molecule has 0 aliphatic carbocycles. The van der Waals surface area contributed by atoms with Crippen molar-refractivity contribution in [3.05, 3.63) is 34.3 Å². The standard InChI is InChI=1S/C6H9AsCl/c1-4-7(8,5-2)6-3/h4-6H,1-3H2. The maximum atomic E-state index is 5.91. The molecule has 0 bridgehead atoms. The van der Waals surface area contributed by atoms with Crippen LogP contribution in [0, 0.1) is 0 Å². The summed E-state index contributed by atoms with van der Waals surface area (Å²) in [6.07, 6.45) is 0. The van der Waals surface area contributed by atoms with E-state index in [4.69, 9.17) is 9.95 Å². The first-order chi connectivity index (χ1) is 3.68. The summed E-state index contributed by atoms with van der Waals surface area (Å²) < 4.78 is 0. The number of rotatable bonds is 3. The Labute approximate surface area is 57.1 Å². The van der Waals surface area contributed by atoms with E-state index in [0.29, 0.717) is 0 Å². The molecule has 0 N–H and O–H groups in total. The van der Waals surface area contributed by atoms with Crippen LogP contribution in [0.4, 0.5) is 0 Å². The average molecular weight is 192 g/mol. The van der Waals surface area contributed by atoms with Crippen LogP contribution in [0.15, 0.2) is 34.3 Å². The molecule has 0 aromatic rings. The van der Waals surface area contributed by atoms with Gasteiger partial charge in [0.05, 0.1) is 0 Å². The molecule has 0 amide bonds. The van der Waals surface area contributed by atoms with Crippen molar-refractivity contribution < 1.29 is 0 Å². The van der Waals surface area contributed by atoms with E-state index in [0.717, 1.165) is 0 Å². The first-order valence-corrected chi connectivity index (χ1v) is 7.88. The van der Waals surface area contributed by atoms with Crippen molar-refractivity contribution in [2.45, 2.75) is 0 Å². The molecule has 0 fully saturated rings. The summed E-state index contributed by atoms with van der Waals surface area (Å²) in [5, 5.41) is 0. The zero-order valence-corrected chi connectivity index (χ0v) is 7.31. The molecule has 8 heavy (non-hydrogen) atoms. The third-order valence-corrected chi connectivity index (χ3v) is 6.51. The van der Waals surface area contributed by atoms with Gasteiger partial charge in [-0.15, -0.1) is 0 Å². The molecule has 0 rings (SSSR count). The molecule has 0 nitrogen and oxygen atoms in total. The quantitative estimate of drug-likeness (QED) is 0.601. The van der Waals surface area contributed by atoms with E-state index in [1.54, 1.807) is 14.6 Å². The molecule has 0 heterocycles. The Morgan fingerprint density at radius 3 is 1.25 bits per heavy atom. The van der Waals surface area contributed by atoms with Crippen LogP contribution in [0.3, 0.4) is 0 Å². The fourth-order valence-electron chi connectivity index (χ4n) is 0.224. The van der Waals surface area contributed by atoms with Crippen molar-refractivity contribution in [1.82, 2.24) is 0 Å². The van der Waals surface area contributed by atoms with E-state index in [-0.39, 0.29) is 0 Å². The van der Waals surface area contributed by atoms with Crippen molar-refractivity contribution >= 4 is 22.6 Å². The fraction of sp³-hybridized carbons (Fsp3) is 0. The molecule has 0 unspecified atom stereocenters. The molecule has 0 saturated heterocycles. The van der Waals surface area contributed by atoms with Gasteiger partial charge in [-0.3, -0.25) is 0 Å². The summed E-state index contributed by atoms with van der Waals surface area (Å²) in [5.74, 6) is 0. The Morgan fingerprint density at radius 1 is 1.00 bits per heavy atom. The average Bonchev–Trinajstić information content (AvgIpc) is 1.87. The first-order valence-electron chi connectivity index (χ1n) is 2.17. The van der Waals surface area contributed by atoms with E-state index in [1.807, 2.05) is 0 Å². The number of hydrogen-bond donors (Lipinski definition) is 0. The van der Waals surface area contributed by atoms with Gasteiger partial charge in [-0.05, 0) is 0 Å².